The fraction of sp³-hybridized carbons (Fsp3) is 0.917. The Morgan fingerprint density at radius 3 is 2.76 bits per heavy atom. The number of piperazine rings is 1. The average molecular weight is 243 g/mol. The van der Waals surface area contributed by atoms with Crippen LogP contribution in [0.2, 0.25) is 0 Å². The Bertz CT molecular complexity index is 248. The molecule has 2 N–H and O–H groups in total. The molecule has 1 heterocycles. The molecule has 1 amide bonds. The average Bonchev–Trinajstić information content (AvgIpc) is 2.35. The van der Waals surface area contributed by atoms with Crippen LogP contribution in [0.1, 0.15) is 13.8 Å². The van der Waals surface area contributed by atoms with Crippen molar-refractivity contribution in [2.24, 2.45) is 11.7 Å². The van der Waals surface area contributed by atoms with E-state index in [1.165, 1.54) is 0 Å². The van der Waals surface area contributed by atoms with Gasteiger partial charge in [-0.1, -0.05) is 6.92 Å². The van der Waals surface area contributed by atoms with Crippen molar-refractivity contribution in [1.29, 1.82) is 0 Å². The lowest BCUT2D eigenvalue weighted by Crippen LogP contribution is -2.55. The summed E-state index contributed by atoms with van der Waals surface area (Å²) in [6.07, 6.45) is 0. The number of nitrogens with two attached hydrogens (primary N) is 1. The Morgan fingerprint density at radius 2 is 2.24 bits per heavy atom. The zero-order chi connectivity index (χ0) is 12.8. The van der Waals surface area contributed by atoms with Gasteiger partial charge in [0.05, 0.1) is 6.61 Å². The molecule has 1 saturated heterocycles. The van der Waals surface area contributed by atoms with Crippen LogP contribution in [-0.2, 0) is 9.53 Å². The molecule has 1 aliphatic rings. The number of carbonyl (C=O) groups excluding carboxylic acids is 1. The third-order valence-corrected chi connectivity index (χ3v) is 3.43. The van der Waals surface area contributed by atoms with E-state index in [0.717, 1.165) is 32.8 Å². The summed E-state index contributed by atoms with van der Waals surface area (Å²) in [5, 5.41) is 0. The number of hydrogen-bond acceptors (Lipinski definition) is 4. The molecular weight excluding hydrogens is 218 g/mol. The summed E-state index contributed by atoms with van der Waals surface area (Å²) in [7, 11) is 1.72. The largest absolute Gasteiger partial charge is 0.383 e. The van der Waals surface area contributed by atoms with E-state index < -0.39 is 0 Å². The highest BCUT2D eigenvalue weighted by Crippen LogP contribution is 2.11. The highest BCUT2D eigenvalue weighted by molar-refractivity contribution is 5.78. The summed E-state index contributed by atoms with van der Waals surface area (Å²) >= 11 is 0. The Balaban J connectivity index is 2.43. The maximum Gasteiger partial charge on any atom is 0.226 e. The second-order valence-electron chi connectivity index (χ2n) is 4.80. The van der Waals surface area contributed by atoms with Crippen LogP contribution in [0, 0.1) is 5.92 Å². The molecule has 1 fully saturated rings. The van der Waals surface area contributed by atoms with Crippen LogP contribution in [0.4, 0.5) is 0 Å². The zero-order valence-electron chi connectivity index (χ0n) is 11.2. The molecule has 2 unspecified atom stereocenters. The smallest absolute Gasteiger partial charge is 0.226 e. The summed E-state index contributed by atoms with van der Waals surface area (Å²) in [4.78, 5) is 16.3. The SMILES string of the molecule is COCCN1CCN(C(=O)C(C)CN)CC1C. The molecule has 0 aromatic rings. The van der Waals surface area contributed by atoms with E-state index in [1.807, 2.05) is 11.8 Å². The van der Waals surface area contributed by atoms with Gasteiger partial charge in [-0.25, -0.2) is 0 Å². The minimum absolute atomic E-state index is 0.0623. The monoisotopic (exact) mass is 243 g/mol. The van der Waals surface area contributed by atoms with Crippen molar-refractivity contribution in [2.45, 2.75) is 19.9 Å². The van der Waals surface area contributed by atoms with Crippen molar-refractivity contribution in [3.63, 3.8) is 0 Å². The Morgan fingerprint density at radius 1 is 1.53 bits per heavy atom. The molecule has 0 aromatic carbocycles. The van der Waals surface area contributed by atoms with Gasteiger partial charge >= 0.3 is 0 Å². The quantitative estimate of drug-likeness (QED) is 0.724. The van der Waals surface area contributed by atoms with E-state index in [9.17, 15) is 4.79 Å². The predicted molar refractivity (Wildman–Crippen MR) is 67.7 cm³/mol. The van der Waals surface area contributed by atoms with E-state index in [4.69, 9.17) is 10.5 Å². The highest BCUT2D eigenvalue weighted by atomic mass is 16.5. The van der Waals surface area contributed by atoms with Crippen LogP contribution < -0.4 is 5.73 Å². The molecule has 2 atom stereocenters. The first-order valence-electron chi connectivity index (χ1n) is 6.32. The molecule has 0 radical (unpaired) electrons. The molecule has 0 aliphatic carbocycles. The number of rotatable bonds is 5. The first kappa shape index (κ1) is 14.4. The van der Waals surface area contributed by atoms with Crippen LogP contribution in [-0.4, -0.2) is 68.2 Å². The molecule has 0 bridgehead atoms. The van der Waals surface area contributed by atoms with Gasteiger partial charge in [0.25, 0.3) is 0 Å². The van der Waals surface area contributed by atoms with Crippen molar-refractivity contribution in [2.75, 3.05) is 46.4 Å². The number of hydrogen-bond donors (Lipinski definition) is 1. The van der Waals surface area contributed by atoms with Gasteiger partial charge in [-0.15, -0.1) is 0 Å². The van der Waals surface area contributed by atoms with Gasteiger partial charge in [-0.2, -0.15) is 0 Å². The number of ether oxygens (including phenoxy) is 1. The van der Waals surface area contributed by atoms with Crippen LogP contribution in [0.3, 0.4) is 0 Å². The third-order valence-electron chi connectivity index (χ3n) is 3.43. The van der Waals surface area contributed by atoms with E-state index in [1.54, 1.807) is 7.11 Å². The molecule has 1 aliphatic heterocycles. The molecule has 0 aromatic heterocycles. The van der Waals surface area contributed by atoms with Crippen molar-refractivity contribution in [1.82, 2.24) is 9.80 Å². The summed E-state index contributed by atoms with van der Waals surface area (Å²) < 4.78 is 5.08. The van der Waals surface area contributed by atoms with Crippen molar-refractivity contribution in [3.05, 3.63) is 0 Å². The van der Waals surface area contributed by atoms with Gasteiger partial charge in [0, 0.05) is 51.8 Å². The van der Waals surface area contributed by atoms with E-state index >= 15 is 0 Å². The lowest BCUT2D eigenvalue weighted by molar-refractivity contribution is -0.137. The van der Waals surface area contributed by atoms with Crippen LogP contribution in [0.5, 0.6) is 0 Å². The lowest BCUT2D eigenvalue weighted by Gasteiger charge is -2.40. The highest BCUT2D eigenvalue weighted by Gasteiger charge is 2.28. The summed E-state index contributed by atoms with van der Waals surface area (Å²) in [6, 6.07) is 0.396. The van der Waals surface area contributed by atoms with Gasteiger partial charge in [-0.05, 0) is 6.92 Å². The van der Waals surface area contributed by atoms with Crippen molar-refractivity contribution >= 4 is 5.91 Å². The van der Waals surface area contributed by atoms with Gasteiger partial charge in [-0.3, -0.25) is 9.69 Å². The van der Waals surface area contributed by atoms with Gasteiger partial charge in [0.2, 0.25) is 5.91 Å². The Labute approximate surface area is 104 Å². The minimum atomic E-state index is -0.0623. The van der Waals surface area contributed by atoms with Gasteiger partial charge in [0.1, 0.15) is 0 Å². The molecule has 0 saturated carbocycles. The fourth-order valence-corrected chi connectivity index (χ4v) is 2.15. The molecular formula is C12H25N3O2. The number of carbonyl (C=O) groups is 1. The van der Waals surface area contributed by atoms with Gasteiger partial charge < -0.3 is 15.4 Å². The van der Waals surface area contributed by atoms with E-state index in [0.29, 0.717) is 12.6 Å². The Kier molecular flexibility index (Phi) is 5.88. The normalized spacial score (nSPS) is 23.8. The van der Waals surface area contributed by atoms with Crippen LogP contribution in [0.15, 0.2) is 0 Å². The standard InChI is InChI=1S/C12H25N3O2/c1-10(8-13)12(16)15-5-4-14(6-7-17-3)11(2)9-15/h10-11H,4-9,13H2,1-3H3. The second kappa shape index (κ2) is 6.93. The van der Waals surface area contributed by atoms with Crippen molar-refractivity contribution < 1.29 is 9.53 Å². The molecule has 5 nitrogen and oxygen atoms in total. The second-order valence-corrected chi connectivity index (χ2v) is 4.80. The first-order chi connectivity index (χ1) is 8.10. The Hall–Kier alpha value is -0.650. The summed E-state index contributed by atoms with van der Waals surface area (Å²) in [5.41, 5.74) is 5.53. The number of nitrogens with zero attached hydrogens (tertiary/aromatic N) is 2. The molecule has 100 valence electrons. The van der Waals surface area contributed by atoms with Crippen LogP contribution >= 0.6 is 0 Å². The lowest BCUT2D eigenvalue weighted by atomic mass is 10.1. The van der Waals surface area contributed by atoms with Crippen LogP contribution in [0.25, 0.3) is 0 Å². The number of amides is 1. The van der Waals surface area contributed by atoms with Gasteiger partial charge in [0.15, 0.2) is 0 Å². The first-order valence-corrected chi connectivity index (χ1v) is 6.32. The zero-order valence-corrected chi connectivity index (χ0v) is 11.2. The third kappa shape index (κ3) is 3.94. The maximum atomic E-state index is 12.0. The predicted octanol–water partition coefficient (Wildman–Crippen LogP) is -0.240. The summed E-state index contributed by atoms with van der Waals surface area (Å²) in [5.74, 6) is 0.124. The van der Waals surface area contributed by atoms with E-state index in [-0.39, 0.29) is 11.8 Å². The fourth-order valence-electron chi connectivity index (χ4n) is 2.15. The minimum Gasteiger partial charge on any atom is -0.383 e. The maximum absolute atomic E-state index is 12.0. The van der Waals surface area contributed by atoms with E-state index in [2.05, 4.69) is 11.8 Å². The molecule has 0 spiro atoms. The molecule has 5 heteroatoms. The number of methoxy groups -OCH3 is 1. The van der Waals surface area contributed by atoms with Crippen molar-refractivity contribution in [3.8, 4) is 0 Å². The molecule has 17 heavy (non-hydrogen) atoms. The summed E-state index contributed by atoms with van der Waals surface area (Å²) in [6.45, 7) is 8.69. The topological polar surface area (TPSA) is 58.8 Å². The molecule has 1 rings (SSSR count).